The Morgan fingerprint density at radius 2 is 2.07 bits per heavy atom. The van der Waals surface area contributed by atoms with Crippen LogP contribution in [-0.2, 0) is 0 Å². The normalized spacial score (nSPS) is 16.7. The van der Waals surface area contributed by atoms with Gasteiger partial charge in [0.2, 0.25) is 0 Å². The number of nitrogens with zero attached hydrogens (tertiary/aromatic N) is 5. The maximum atomic E-state index is 14.3. The number of amides is 1. The van der Waals surface area contributed by atoms with Crippen LogP contribution in [0.15, 0.2) is 30.6 Å². The lowest BCUT2D eigenvalue weighted by molar-refractivity contribution is 0.0830. The largest absolute Gasteiger partial charge is 0.382 e. The van der Waals surface area contributed by atoms with Crippen molar-refractivity contribution >= 4 is 23.1 Å². The number of nitrogen functional groups attached to an aromatic ring is 1. The Bertz CT molecular complexity index is 1060. The quantitative estimate of drug-likeness (QED) is 0.749. The number of hydrogen-bond acceptors (Lipinski definition) is 5. The van der Waals surface area contributed by atoms with E-state index >= 15 is 0 Å². The van der Waals surface area contributed by atoms with E-state index in [2.05, 4.69) is 10.1 Å². The Balaban J connectivity index is 1.79. The Kier molecular flexibility index (Phi) is 4.37. The van der Waals surface area contributed by atoms with Gasteiger partial charge < -0.3 is 15.5 Å². The first-order chi connectivity index (χ1) is 13.4. The van der Waals surface area contributed by atoms with Crippen LogP contribution >= 0.6 is 0 Å². The third-order valence-electron chi connectivity index (χ3n) is 5.02. The molecule has 1 aromatic carbocycles. The summed E-state index contributed by atoms with van der Waals surface area (Å²) in [4.78, 5) is 20.3. The van der Waals surface area contributed by atoms with Crippen LogP contribution in [-0.4, -0.2) is 46.0 Å². The highest BCUT2D eigenvalue weighted by molar-refractivity contribution is 6.05. The Labute approximate surface area is 160 Å². The van der Waals surface area contributed by atoms with Crippen molar-refractivity contribution < 1.29 is 13.6 Å². The highest BCUT2D eigenvalue weighted by atomic mass is 19.1. The molecule has 1 atom stereocenters. The van der Waals surface area contributed by atoms with Crippen molar-refractivity contribution in [3.63, 3.8) is 0 Å². The van der Waals surface area contributed by atoms with Crippen molar-refractivity contribution in [3.05, 3.63) is 53.4 Å². The van der Waals surface area contributed by atoms with E-state index in [0.717, 1.165) is 18.6 Å². The lowest BCUT2D eigenvalue weighted by Crippen LogP contribution is -2.25. The molecule has 1 saturated heterocycles. The molecule has 0 aliphatic carbocycles. The first-order valence-electron chi connectivity index (χ1n) is 8.94. The van der Waals surface area contributed by atoms with Gasteiger partial charge in [0.15, 0.2) is 5.82 Å². The fourth-order valence-corrected chi connectivity index (χ4v) is 3.70. The molecule has 9 heteroatoms. The number of halogens is 2. The van der Waals surface area contributed by atoms with Gasteiger partial charge in [0, 0.05) is 32.3 Å². The molecule has 7 nitrogen and oxygen atoms in total. The van der Waals surface area contributed by atoms with Gasteiger partial charge in [0.1, 0.15) is 29.3 Å². The number of carbonyl (C=O) groups excluding carboxylic acids is 1. The van der Waals surface area contributed by atoms with Crippen LogP contribution in [0, 0.1) is 11.6 Å². The first kappa shape index (κ1) is 18.1. The molecule has 1 aliphatic rings. The number of carbonyl (C=O) groups is 1. The predicted molar refractivity (Wildman–Crippen MR) is 101 cm³/mol. The molecule has 1 amide bonds. The SMILES string of the molecule is CN(C)C(=O)c1c(N)nn2cnc(N3CCCC3c3cc(F)ccc3F)cc12. The molecule has 1 unspecified atom stereocenters. The second kappa shape index (κ2) is 6.74. The summed E-state index contributed by atoms with van der Waals surface area (Å²) in [6.07, 6.45) is 2.97. The zero-order valence-electron chi connectivity index (χ0n) is 15.6. The fraction of sp³-hybridized carbons (Fsp3) is 0.316. The summed E-state index contributed by atoms with van der Waals surface area (Å²) in [5.74, 6) is -0.512. The lowest BCUT2D eigenvalue weighted by atomic mass is 10.0. The van der Waals surface area contributed by atoms with Gasteiger partial charge in [0.05, 0.1) is 11.6 Å². The summed E-state index contributed by atoms with van der Waals surface area (Å²) in [5.41, 5.74) is 7.05. The van der Waals surface area contributed by atoms with Crippen molar-refractivity contribution in [1.82, 2.24) is 19.5 Å². The Hall–Kier alpha value is -3.23. The molecule has 146 valence electrons. The average molecular weight is 386 g/mol. The second-order valence-corrected chi connectivity index (χ2v) is 7.05. The molecule has 0 saturated carbocycles. The maximum absolute atomic E-state index is 14.3. The topological polar surface area (TPSA) is 79.8 Å². The number of rotatable bonds is 3. The summed E-state index contributed by atoms with van der Waals surface area (Å²) in [6, 6.07) is 4.86. The van der Waals surface area contributed by atoms with Gasteiger partial charge >= 0.3 is 0 Å². The number of nitrogens with two attached hydrogens (primary N) is 1. The number of aromatic nitrogens is 3. The van der Waals surface area contributed by atoms with Crippen LogP contribution in [0.4, 0.5) is 20.4 Å². The second-order valence-electron chi connectivity index (χ2n) is 7.05. The third kappa shape index (κ3) is 2.92. The third-order valence-corrected chi connectivity index (χ3v) is 5.02. The molecule has 0 radical (unpaired) electrons. The van der Waals surface area contributed by atoms with Crippen molar-refractivity contribution in [1.29, 1.82) is 0 Å². The lowest BCUT2D eigenvalue weighted by Gasteiger charge is -2.26. The van der Waals surface area contributed by atoms with Crippen molar-refractivity contribution in [2.24, 2.45) is 0 Å². The molecule has 0 spiro atoms. The molecule has 4 rings (SSSR count). The van der Waals surface area contributed by atoms with Crippen molar-refractivity contribution in [2.75, 3.05) is 31.3 Å². The number of fused-ring (bicyclic) bond motifs is 1. The van der Waals surface area contributed by atoms with E-state index in [-0.39, 0.29) is 17.8 Å². The number of benzene rings is 1. The van der Waals surface area contributed by atoms with Gasteiger partial charge in [-0.1, -0.05) is 0 Å². The van der Waals surface area contributed by atoms with E-state index in [9.17, 15) is 13.6 Å². The van der Waals surface area contributed by atoms with E-state index in [1.54, 1.807) is 20.2 Å². The van der Waals surface area contributed by atoms with Gasteiger partial charge in [-0.15, -0.1) is 5.10 Å². The highest BCUT2D eigenvalue weighted by Crippen LogP contribution is 2.37. The van der Waals surface area contributed by atoms with Crippen LogP contribution in [0.2, 0.25) is 0 Å². The molecule has 2 N–H and O–H groups in total. The molecular weight excluding hydrogens is 366 g/mol. The maximum Gasteiger partial charge on any atom is 0.259 e. The fourth-order valence-electron chi connectivity index (χ4n) is 3.70. The smallest absolute Gasteiger partial charge is 0.259 e. The number of anilines is 2. The summed E-state index contributed by atoms with van der Waals surface area (Å²) in [6.45, 7) is 0.643. The van der Waals surface area contributed by atoms with E-state index in [0.29, 0.717) is 35.4 Å². The summed E-state index contributed by atoms with van der Waals surface area (Å²) in [7, 11) is 3.27. The molecule has 28 heavy (non-hydrogen) atoms. The summed E-state index contributed by atoms with van der Waals surface area (Å²) in [5, 5.41) is 4.14. The molecule has 1 aliphatic heterocycles. The van der Waals surface area contributed by atoms with Crippen LogP contribution in [0.3, 0.4) is 0 Å². The highest BCUT2D eigenvalue weighted by Gasteiger charge is 2.30. The average Bonchev–Trinajstić information content (AvgIpc) is 3.26. The van der Waals surface area contributed by atoms with Gasteiger partial charge in [-0.05, 0) is 31.0 Å². The van der Waals surface area contributed by atoms with Crippen molar-refractivity contribution in [3.8, 4) is 0 Å². The Morgan fingerprint density at radius 3 is 2.82 bits per heavy atom. The van der Waals surface area contributed by atoms with Gasteiger partial charge in [0.25, 0.3) is 5.91 Å². The van der Waals surface area contributed by atoms with Crippen LogP contribution in [0.5, 0.6) is 0 Å². The summed E-state index contributed by atoms with van der Waals surface area (Å²) < 4.78 is 29.5. The van der Waals surface area contributed by atoms with E-state index in [1.807, 2.05) is 4.90 Å². The minimum atomic E-state index is -0.478. The Morgan fingerprint density at radius 1 is 1.29 bits per heavy atom. The molecule has 1 fully saturated rings. The first-order valence-corrected chi connectivity index (χ1v) is 8.94. The monoisotopic (exact) mass is 386 g/mol. The van der Waals surface area contributed by atoms with Gasteiger partial charge in [-0.25, -0.2) is 18.3 Å². The molecule has 3 heterocycles. The minimum Gasteiger partial charge on any atom is -0.382 e. The minimum absolute atomic E-state index is 0.117. The zero-order valence-corrected chi connectivity index (χ0v) is 15.6. The summed E-state index contributed by atoms with van der Waals surface area (Å²) >= 11 is 0. The zero-order chi connectivity index (χ0) is 20.0. The van der Waals surface area contributed by atoms with Crippen molar-refractivity contribution in [2.45, 2.75) is 18.9 Å². The molecule has 0 bridgehead atoms. The standard InChI is InChI=1S/C19H20F2N6O/c1-25(2)19(28)17-15-9-16(23-10-27(15)24-18(17)22)26-7-3-4-14(26)12-8-11(20)5-6-13(12)21/h5-6,8-10,14H,3-4,7H2,1-2H3,(H2,22,24). The van der Waals surface area contributed by atoms with Gasteiger partial charge in [-0.2, -0.15) is 0 Å². The van der Waals surface area contributed by atoms with Crippen LogP contribution < -0.4 is 10.6 Å². The van der Waals surface area contributed by atoms with Crippen LogP contribution in [0.25, 0.3) is 5.52 Å². The molecular formula is C19H20F2N6O. The van der Waals surface area contributed by atoms with Gasteiger partial charge in [-0.3, -0.25) is 4.79 Å². The molecule has 3 aromatic rings. The van der Waals surface area contributed by atoms with E-state index < -0.39 is 11.6 Å². The molecule has 2 aromatic heterocycles. The predicted octanol–water partition coefficient (Wildman–Crippen LogP) is 2.63. The van der Waals surface area contributed by atoms with E-state index in [1.165, 1.54) is 21.8 Å². The number of hydrogen-bond donors (Lipinski definition) is 1. The van der Waals surface area contributed by atoms with Crippen LogP contribution in [0.1, 0.15) is 34.8 Å². The van der Waals surface area contributed by atoms with E-state index in [4.69, 9.17) is 5.73 Å².